The van der Waals surface area contributed by atoms with E-state index in [2.05, 4.69) is 4.98 Å². The maximum Gasteiger partial charge on any atom is 0.354 e. The first-order valence-electron chi connectivity index (χ1n) is 7.45. The van der Waals surface area contributed by atoms with Crippen LogP contribution in [0.3, 0.4) is 0 Å². The fourth-order valence-electron chi connectivity index (χ4n) is 2.77. The first-order chi connectivity index (χ1) is 11.1. The highest BCUT2D eigenvalue weighted by atomic mass is 32.1. The number of aromatic nitrogens is 2. The van der Waals surface area contributed by atoms with E-state index < -0.39 is 5.97 Å². The van der Waals surface area contributed by atoms with Crippen LogP contribution in [0.5, 0.6) is 5.75 Å². The molecule has 0 bridgehead atoms. The molecule has 0 saturated carbocycles. The maximum atomic E-state index is 11.8. The summed E-state index contributed by atoms with van der Waals surface area (Å²) in [6.07, 6.45) is 1.53. The molecule has 0 saturated heterocycles. The van der Waals surface area contributed by atoms with E-state index in [1.807, 2.05) is 38.1 Å². The molecule has 0 atom stereocenters. The fraction of sp³-hybridized carbons (Fsp3) is 0.294. The van der Waals surface area contributed by atoms with E-state index >= 15 is 0 Å². The predicted molar refractivity (Wildman–Crippen MR) is 90.7 cm³/mol. The Morgan fingerprint density at radius 1 is 1.35 bits per heavy atom. The van der Waals surface area contributed by atoms with Crippen molar-refractivity contribution in [1.82, 2.24) is 9.38 Å². The summed E-state index contributed by atoms with van der Waals surface area (Å²) in [6, 6.07) is 7.64. The van der Waals surface area contributed by atoms with Crippen LogP contribution in [0.1, 0.15) is 34.4 Å². The molecule has 1 N–H and O–H groups in total. The van der Waals surface area contributed by atoms with E-state index in [0.717, 1.165) is 33.3 Å². The van der Waals surface area contributed by atoms with Crippen LogP contribution in [0.15, 0.2) is 24.3 Å². The number of carboxylic acids is 1. The zero-order chi connectivity index (χ0) is 16.6. The Balaban J connectivity index is 2.26. The van der Waals surface area contributed by atoms with Gasteiger partial charge in [0.25, 0.3) is 0 Å². The lowest BCUT2D eigenvalue weighted by atomic mass is 10.1. The van der Waals surface area contributed by atoms with E-state index in [1.54, 1.807) is 11.5 Å². The van der Waals surface area contributed by atoms with Crippen molar-refractivity contribution < 1.29 is 14.6 Å². The molecule has 3 rings (SSSR count). The Morgan fingerprint density at radius 2 is 2.04 bits per heavy atom. The van der Waals surface area contributed by atoms with Crippen molar-refractivity contribution in [2.45, 2.75) is 26.7 Å². The molecule has 5 nitrogen and oxygen atoms in total. The molecule has 2 aromatic heterocycles. The minimum absolute atomic E-state index is 0.275. The highest BCUT2D eigenvalue weighted by Crippen LogP contribution is 2.34. The lowest BCUT2D eigenvalue weighted by Crippen LogP contribution is -2.06. The second-order valence-corrected chi connectivity index (χ2v) is 6.50. The van der Waals surface area contributed by atoms with Gasteiger partial charge in [-0.25, -0.2) is 9.78 Å². The van der Waals surface area contributed by atoms with Gasteiger partial charge in [0.05, 0.1) is 18.5 Å². The average molecular weight is 330 g/mol. The number of carbonyl (C=O) groups is 1. The van der Waals surface area contributed by atoms with Crippen LogP contribution >= 0.6 is 11.3 Å². The Labute approximate surface area is 138 Å². The zero-order valence-electron chi connectivity index (χ0n) is 13.3. The van der Waals surface area contributed by atoms with Crippen molar-refractivity contribution in [2.24, 2.45) is 0 Å². The number of aryl methyl sites for hydroxylation is 2. The number of imidazole rings is 1. The number of methoxy groups -OCH3 is 1. The fourth-order valence-corrected chi connectivity index (χ4v) is 3.78. The summed E-state index contributed by atoms with van der Waals surface area (Å²) in [5.41, 5.74) is 2.77. The number of hydrogen-bond donors (Lipinski definition) is 1. The quantitative estimate of drug-likeness (QED) is 0.767. The third kappa shape index (κ3) is 2.59. The van der Waals surface area contributed by atoms with Crippen molar-refractivity contribution in [1.29, 1.82) is 0 Å². The van der Waals surface area contributed by atoms with Crippen LogP contribution in [0, 0.1) is 6.92 Å². The van der Waals surface area contributed by atoms with E-state index in [0.29, 0.717) is 12.1 Å². The van der Waals surface area contributed by atoms with Crippen LogP contribution in [-0.4, -0.2) is 27.6 Å². The summed E-state index contributed by atoms with van der Waals surface area (Å²) in [7, 11) is 1.62. The van der Waals surface area contributed by atoms with Crippen molar-refractivity contribution >= 4 is 22.3 Å². The molecule has 0 radical (unpaired) electrons. The van der Waals surface area contributed by atoms with Crippen molar-refractivity contribution in [3.8, 4) is 17.0 Å². The molecule has 1 aromatic carbocycles. The number of hydrogen-bond acceptors (Lipinski definition) is 4. The largest absolute Gasteiger partial charge is 0.497 e. The smallest absolute Gasteiger partial charge is 0.354 e. The molecule has 0 unspecified atom stereocenters. The van der Waals surface area contributed by atoms with Gasteiger partial charge in [-0.1, -0.05) is 13.3 Å². The molecule has 0 amide bonds. The van der Waals surface area contributed by atoms with Crippen molar-refractivity contribution in [3.63, 3.8) is 0 Å². The normalized spacial score (nSPS) is 11.1. The van der Waals surface area contributed by atoms with Gasteiger partial charge in [-0.05, 0) is 43.2 Å². The summed E-state index contributed by atoms with van der Waals surface area (Å²) in [6.45, 7) is 4.01. The van der Waals surface area contributed by atoms with E-state index in [9.17, 15) is 9.90 Å². The Bertz CT molecular complexity index is 862. The zero-order valence-corrected chi connectivity index (χ0v) is 14.1. The molecular weight excluding hydrogens is 312 g/mol. The lowest BCUT2D eigenvalue weighted by Gasteiger charge is -2.06. The van der Waals surface area contributed by atoms with Crippen LogP contribution in [0.25, 0.3) is 16.2 Å². The number of fused-ring (bicyclic) bond motifs is 1. The Hall–Kier alpha value is -2.34. The van der Waals surface area contributed by atoms with Crippen molar-refractivity contribution in [3.05, 3.63) is 40.5 Å². The maximum absolute atomic E-state index is 11.8. The molecule has 0 aliphatic heterocycles. The predicted octanol–water partition coefficient (Wildman–Crippen LogP) is 4.03. The summed E-state index contributed by atoms with van der Waals surface area (Å²) in [4.78, 5) is 18.1. The molecular formula is C17H18N2O3S. The Morgan fingerprint density at radius 3 is 2.61 bits per heavy atom. The van der Waals surface area contributed by atoms with Gasteiger partial charge in [0.15, 0.2) is 10.7 Å². The van der Waals surface area contributed by atoms with Gasteiger partial charge in [-0.3, -0.25) is 4.40 Å². The van der Waals surface area contributed by atoms with Gasteiger partial charge in [-0.2, -0.15) is 0 Å². The van der Waals surface area contributed by atoms with Gasteiger partial charge < -0.3 is 9.84 Å². The molecule has 3 aromatic rings. The van der Waals surface area contributed by atoms with Gasteiger partial charge >= 0.3 is 5.97 Å². The molecule has 23 heavy (non-hydrogen) atoms. The number of nitrogens with zero attached hydrogens (tertiary/aromatic N) is 2. The summed E-state index contributed by atoms with van der Waals surface area (Å²) in [5.74, 6) is -0.165. The molecule has 0 aliphatic carbocycles. The highest BCUT2D eigenvalue weighted by Gasteiger charge is 2.23. The van der Waals surface area contributed by atoms with Gasteiger partial charge in [-0.15, -0.1) is 11.3 Å². The first kappa shape index (κ1) is 15.6. The van der Waals surface area contributed by atoms with E-state index in [1.165, 1.54) is 11.3 Å². The van der Waals surface area contributed by atoms with Gasteiger partial charge in [0.1, 0.15) is 5.75 Å². The van der Waals surface area contributed by atoms with Crippen molar-refractivity contribution in [2.75, 3.05) is 7.11 Å². The van der Waals surface area contributed by atoms with E-state index in [4.69, 9.17) is 4.74 Å². The van der Waals surface area contributed by atoms with Crippen LogP contribution in [0.2, 0.25) is 0 Å². The van der Waals surface area contributed by atoms with E-state index in [-0.39, 0.29) is 5.69 Å². The third-order valence-corrected chi connectivity index (χ3v) is 4.73. The number of carboxylic acid groups (broad SMARTS) is 1. The van der Waals surface area contributed by atoms with Crippen LogP contribution < -0.4 is 4.74 Å². The molecule has 0 aliphatic rings. The SMILES string of the molecule is CCCc1nc2sc(C)c(-c3ccc(OC)cc3)n2c1C(=O)O. The molecule has 2 heterocycles. The summed E-state index contributed by atoms with van der Waals surface area (Å²) in [5, 5.41) is 9.67. The number of thiazole rings is 1. The Kier molecular flexibility index (Phi) is 4.09. The number of ether oxygens (including phenoxy) is 1. The number of benzene rings is 1. The minimum Gasteiger partial charge on any atom is -0.497 e. The van der Waals surface area contributed by atoms with Crippen LogP contribution in [-0.2, 0) is 6.42 Å². The number of rotatable bonds is 5. The highest BCUT2D eigenvalue weighted by molar-refractivity contribution is 7.17. The average Bonchev–Trinajstić information content (AvgIpc) is 3.01. The summed E-state index contributed by atoms with van der Waals surface area (Å²) >= 11 is 1.52. The molecule has 6 heteroatoms. The minimum atomic E-state index is -0.937. The first-order valence-corrected chi connectivity index (χ1v) is 8.26. The number of aromatic carboxylic acids is 1. The lowest BCUT2D eigenvalue weighted by molar-refractivity contribution is 0.0688. The molecule has 0 fully saturated rings. The van der Waals surface area contributed by atoms with Crippen LogP contribution in [0.4, 0.5) is 0 Å². The topological polar surface area (TPSA) is 63.8 Å². The third-order valence-electron chi connectivity index (χ3n) is 3.77. The second-order valence-electron chi connectivity index (χ2n) is 5.32. The molecule has 120 valence electrons. The molecule has 0 spiro atoms. The van der Waals surface area contributed by atoms with Gasteiger partial charge in [0.2, 0.25) is 0 Å². The monoisotopic (exact) mass is 330 g/mol. The standard InChI is InChI=1S/C17H18N2O3S/c1-4-5-13-15(16(20)21)19-14(10(2)23-17(19)18-13)11-6-8-12(22-3)9-7-11/h6-9H,4-5H2,1-3H3,(H,20,21). The second kappa shape index (κ2) is 6.04. The summed E-state index contributed by atoms with van der Waals surface area (Å²) < 4.78 is 6.96. The van der Waals surface area contributed by atoms with Gasteiger partial charge in [0, 0.05) is 4.88 Å².